The largest absolute Gasteiger partial charge is 0.496 e. The van der Waals surface area contributed by atoms with Gasteiger partial charge in [-0.1, -0.05) is 30.3 Å². The first-order chi connectivity index (χ1) is 8.65. The highest BCUT2D eigenvalue weighted by Crippen LogP contribution is 2.36. The second-order valence-corrected chi connectivity index (χ2v) is 4.20. The van der Waals surface area contributed by atoms with Gasteiger partial charge in [0.25, 0.3) is 0 Å². The molecule has 0 amide bonds. The van der Waals surface area contributed by atoms with Gasteiger partial charge in [-0.05, 0) is 35.9 Å². The average molecular weight is 263 g/mol. The first-order valence-electron chi connectivity index (χ1n) is 5.41. The SMILES string of the molecule is C=Cc1ccc(OC)c(-c2cc(F)ccc2Cl)c1. The normalized spacial score (nSPS) is 10.2. The van der Waals surface area contributed by atoms with Gasteiger partial charge in [0.05, 0.1) is 7.11 Å². The van der Waals surface area contributed by atoms with Gasteiger partial charge in [-0.2, -0.15) is 0 Å². The Kier molecular flexibility index (Phi) is 3.68. The predicted octanol–water partition coefficient (Wildman–Crippen LogP) is 4.80. The molecule has 0 heterocycles. The van der Waals surface area contributed by atoms with Crippen molar-refractivity contribution in [3.05, 3.63) is 59.4 Å². The molecule has 0 atom stereocenters. The number of benzene rings is 2. The fraction of sp³-hybridized carbons (Fsp3) is 0.0667. The summed E-state index contributed by atoms with van der Waals surface area (Å²) in [5.74, 6) is 0.313. The molecule has 2 aromatic carbocycles. The maximum absolute atomic E-state index is 13.3. The number of hydrogen-bond donors (Lipinski definition) is 0. The van der Waals surface area contributed by atoms with Crippen LogP contribution >= 0.6 is 11.6 Å². The maximum Gasteiger partial charge on any atom is 0.126 e. The van der Waals surface area contributed by atoms with Crippen LogP contribution in [0.2, 0.25) is 5.02 Å². The molecule has 0 aliphatic carbocycles. The highest BCUT2D eigenvalue weighted by molar-refractivity contribution is 6.33. The van der Waals surface area contributed by atoms with Crippen molar-refractivity contribution < 1.29 is 9.13 Å². The second-order valence-electron chi connectivity index (χ2n) is 3.79. The minimum atomic E-state index is -0.333. The van der Waals surface area contributed by atoms with E-state index in [0.717, 1.165) is 11.1 Å². The minimum Gasteiger partial charge on any atom is -0.496 e. The molecule has 18 heavy (non-hydrogen) atoms. The molecule has 0 aromatic heterocycles. The molecule has 2 aromatic rings. The second kappa shape index (κ2) is 5.23. The lowest BCUT2D eigenvalue weighted by Gasteiger charge is -2.11. The summed E-state index contributed by atoms with van der Waals surface area (Å²) in [4.78, 5) is 0. The van der Waals surface area contributed by atoms with Crippen molar-refractivity contribution in [2.75, 3.05) is 7.11 Å². The Hall–Kier alpha value is -1.80. The molecule has 0 unspecified atom stereocenters. The first kappa shape index (κ1) is 12.7. The number of ether oxygens (including phenoxy) is 1. The van der Waals surface area contributed by atoms with Crippen LogP contribution in [0.1, 0.15) is 5.56 Å². The van der Waals surface area contributed by atoms with Gasteiger partial charge in [0.1, 0.15) is 11.6 Å². The monoisotopic (exact) mass is 262 g/mol. The van der Waals surface area contributed by atoms with Crippen LogP contribution in [0.25, 0.3) is 17.2 Å². The van der Waals surface area contributed by atoms with Crippen LogP contribution in [0.5, 0.6) is 5.75 Å². The van der Waals surface area contributed by atoms with Crippen molar-refractivity contribution in [2.45, 2.75) is 0 Å². The summed E-state index contributed by atoms with van der Waals surface area (Å²) in [5, 5.41) is 0.482. The summed E-state index contributed by atoms with van der Waals surface area (Å²) >= 11 is 6.11. The summed E-state index contributed by atoms with van der Waals surface area (Å²) in [6, 6.07) is 9.82. The van der Waals surface area contributed by atoms with E-state index in [4.69, 9.17) is 16.3 Å². The van der Waals surface area contributed by atoms with E-state index in [9.17, 15) is 4.39 Å². The highest BCUT2D eigenvalue weighted by atomic mass is 35.5. The lowest BCUT2D eigenvalue weighted by Crippen LogP contribution is -1.90. The molecular weight excluding hydrogens is 251 g/mol. The fourth-order valence-corrected chi connectivity index (χ4v) is 1.99. The van der Waals surface area contributed by atoms with E-state index in [2.05, 4.69) is 6.58 Å². The van der Waals surface area contributed by atoms with E-state index in [1.165, 1.54) is 18.2 Å². The van der Waals surface area contributed by atoms with Gasteiger partial charge in [-0.25, -0.2) is 4.39 Å². The zero-order chi connectivity index (χ0) is 13.1. The lowest BCUT2D eigenvalue weighted by molar-refractivity contribution is 0.416. The van der Waals surface area contributed by atoms with Crippen LogP contribution in [0.4, 0.5) is 4.39 Å². The molecule has 0 aliphatic heterocycles. The Bertz CT molecular complexity index is 593. The third-order valence-corrected chi connectivity index (χ3v) is 3.01. The van der Waals surface area contributed by atoms with Crippen LogP contribution in [0, 0.1) is 5.82 Å². The van der Waals surface area contributed by atoms with Gasteiger partial charge in [0, 0.05) is 16.1 Å². The first-order valence-corrected chi connectivity index (χ1v) is 5.79. The molecular formula is C15H12ClFO. The molecule has 0 radical (unpaired) electrons. The summed E-state index contributed by atoms with van der Waals surface area (Å²) in [7, 11) is 1.57. The zero-order valence-corrected chi connectivity index (χ0v) is 10.7. The zero-order valence-electron chi connectivity index (χ0n) is 9.91. The van der Waals surface area contributed by atoms with E-state index >= 15 is 0 Å². The maximum atomic E-state index is 13.3. The topological polar surface area (TPSA) is 9.23 Å². The van der Waals surface area contributed by atoms with Crippen LogP contribution in [-0.4, -0.2) is 7.11 Å². The van der Waals surface area contributed by atoms with Crippen LogP contribution in [-0.2, 0) is 0 Å². The smallest absolute Gasteiger partial charge is 0.126 e. The molecule has 0 N–H and O–H groups in total. The number of methoxy groups -OCH3 is 1. The van der Waals surface area contributed by atoms with E-state index < -0.39 is 0 Å². The predicted molar refractivity (Wildman–Crippen MR) is 73.5 cm³/mol. The number of halogens is 2. The Morgan fingerprint density at radius 1 is 1.17 bits per heavy atom. The van der Waals surface area contributed by atoms with E-state index in [1.807, 2.05) is 18.2 Å². The van der Waals surface area contributed by atoms with Crippen LogP contribution in [0.3, 0.4) is 0 Å². The van der Waals surface area contributed by atoms with Gasteiger partial charge < -0.3 is 4.74 Å². The molecule has 3 heteroatoms. The Labute approximate surface area is 110 Å². The average Bonchev–Trinajstić information content (AvgIpc) is 2.40. The van der Waals surface area contributed by atoms with Gasteiger partial charge >= 0.3 is 0 Å². The highest BCUT2D eigenvalue weighted by Gasteiger charge is 2.11. The van der Waals surface area contributed by atoms with E-state index in [-0.39, 0.29) is 5.82 Å². The quantitative estimate of drug-likeness (QED) is 0.772. The molecule has 0 spiro atoms. The van der Waals surface area contributed by atoms with Crippen molar-refractivity contribution in [1.82, 2.24) is 0 Å². The number of rotatable bonds is 3. The lowest BCUT2D eigenvalue weighted by atomic mass is 10.0. The third-order valence-electron chi connectivity index (χ3n) is 2.68. The van der Waals surface area contributed by atoms with Crippen LogP contribution < -0.4 is 4.74 Å². The van der Waals surface area contributed by atoms with Crippen LogP contribution in [0.15, 0.2) is 43.0 Å². The molecule has 0 fully saturated rings. The molecule has 0 saturated carbocycles. The van der Waals surface area contributed by atoms with Gasteiger partial charge in [-0.3, -0.25) is 0 Å². The summed E-state index contributed by atoms with van der Waals surface area (Å²) in [5.41, 5.74) is 2.28. The van der Waals surface area contributed by atoms with Crippen molar-refractivity contribution in [3.63, 3.8) is 0 Å². The molecule has 0 saturated heterocycles. The van der Waals surface area contributed by atoms with Gasteiger partial charge in [0.15, 0.2) is 0 Å². The van der Waals surface area contributed by atoms with Crippen molar-refractivity contribution in [1.29, 1.82) is 0 Å². The van der Waals surface area contributed by atoms with Crippen molar-refractivity contribution in [3.8, 4) is 16.9 Å². The molecule has 0 bridgehead atoms. The minimum absolute atomic E-state index is 0.333. The number of hydrogen-bond acceptors (Lipinski definition) is 1. The molecule has 92 valence electrons. The molecule has 2 rings (SSSR count). The van der Waals surface area contributed by atoms with Crippen molar-refractivity contribution in [2.24, 2.45) is 0 Å². The third kappa shape index (κ3) is 2.39. The Morgan fingerprint density at radius 2 is 1.94 bits per heavy atom. The van der Waals surface area contributed by atoms with E-state index in [0.29, 0.717) is 16.3 Å². The summed E-state index contributed by atoms with van der Waals surface area (Å²) in [6.45, 7) is 3.71. The standard InChI is InChI=1S/C15H12ClFO/c1-3-10-4-7-15(18-2)13(8-10)12-9-11(17)5-6-14(12)16/h3-9H,1H2,2H3. The summed E-state index contributed by atoms with van der Waals surface area (Å²) in [6.07, 6.45) is 1.72. The Morgan fingerprint density at radius 3 is 2.61 bits per heavy atom. The Balaban J connectivity index is 2.67. The van der Waals surface area contributed by atoms with Crippen molar-refractivity contribution >= 4 is 17.7 Å². The molecule has 0 aliphatic rings. The fourth-order valence-electron chi connectivity index (χ4n) is 1.77. The molecule has 1 nitrogen and oxygen atoms in total. The summed E-state index contributed by atoms with van der Waals surface area (Å²) < 4.78 is 18.6. The van der Waals surface area contributed by atoms with Gasteiger partial charge in [-0.15, -0.1) is 0 Å². The van der Waals surface area contributed by atoms with E-state index in [1.54, 1.807) is 13.2 Å². The van der Waals surface area contributed by atoms with Gasteiger partial charge in [0.2, 0.25) is 0 Å².